The number of amides is 1. The van der Waals surface area contributed by atoms with Crippen LogP contribution in [-0.2, 0) is 12.8 Å². The van der Waals surface area contributed by atoms with E-state index in [0.29, 0.717) is 17.6 Å². The molecule has 1 aliphatic carbocycles. The van der Waals surface area contributed by atoms with Crippen molar-refractivity contribution in [1.82, 2.24) is 14.8 Å². The molecule has 1 atom stereocenters. The van der Waals surface area contributed by atoms with Gasteiger partial charge in [-0.15, -0.1) is 0 Å². The van der Waals surface area contributed by atoms with Gasteiger partial charge in [-0.25, -0.2) is 4.98 Å². The Bertz CT molecular complexity index is 777. The van der Waals surface area contributed by atoms with E-state index in [1.165, 1.54) is 36.9 Å². The first-order valence-corrected chi connectivity index (χ1v) is 9.85. The zero-order chi connectivity index (χ0) is 18.8. The van der Waals surface area contributed by atoms with Crippen LogP contribution in [0.25, 0.3) is 0 Å². The first-order chi connectivity index (χ1) is 13.1. The normalized spacial score (nSPS) is 20.3. The molecule has 142 valence electrons. The highest BCUT2D eigenvalue weighted by Gasteiger charge is 2.30. The van der Waals surface area contributed by atoms with Gasteiger partial charge in [0.05, 0.1) is 5.56 Å². The summed E-state index contributed by atoms with van der Waals surface area (Å²) in [5, 5.41) is 3.57. The summed E-state index contributed by atoms with van der Waals surface area (Å²) in [5.74, 6) is 0.838. The molecule has 2 aromatic rings. The fraction of sp³-hybridized carbons (Fsp3) is 0.455. The molecule has 4 rings (SSSR count). The van der Waals surface area contributed by atoms with Gasteiger partial charge in [0, 0.05) is 38.9 Å². The highest BCUT2D eigenvalue weighted by Crippen LogP contribution is 2.28. The quantitative estimate of drug-likeness (QED) is 0.906. The average molecular weight is 364 g/mol. The van der Waals surface area contributed by atoms with E-state index in [2.05, 4.69) is 39.5 Å². The van der Waals surface area contributed by atoms with Crippen molar-refractivity contribution < 1.29 is 4.79 Å². The highest BCUT2D eigenvalue weighted by molar-refractivity contribution is 5.93. The van der Waals surface area contributed by atoms with Crippen LogP contribution in [0.3, 0.4) is 0 Å². The van der Waals surface area contributed by atoms with Gasteiger partial charge in [0.15, 0.2) is 0 Å². The van der Waals surface area contributed by atoms with Gasteiger partial charge in [-0.05, 0) is 55.5 Å². The summed E-state index contributed by atoms with van der Waals surface area (Å²) in [7, 11) is 3.51. The molecule has 5 heteroatoms. The average Bonchev–Trinajstić information content (AvgIpc) is 3.12. The lowest BCUT2D eigenvalue weighted by atomic mass is 10.0. The second-order valence-electron chi connectivity index (χ2n) is 7.94. The van der Waals surface area contributed by atoms with Crippen LogP contribution in [0.2, 0.25) is 0 Å². The van der Waals surface area contributed by atoms with Crippen LogP contribution in [0.15, 0.2) is 42.6 Å². The minimum absolute atomic E-state index is 0.0151. The second-order valence-corrected chi connectivity index (χ2v) is 7.94. The number of carbonyl (C=O) groups is 1. The van der Waals surface area contributed by atoms with Crippen LogP contribution in [0, 0.1) is 0 Å². The number of fused-ring (bicyclic) bond motifs is 1. The first kappa shape index (κ1) is 18.0. The predicted molar refractivity (Wildman–Crippen MR) is 108 cm³/mol. The van der Waals surface area contributed by atoms with Crippen molar-refractivity contribution in [3.63, 3.8) is 0 Å². The van der Waals surface area contributed by atoms with Gasteiger partial charge in [0.1, 0.15) is 5.82 Å². The van der Waals surface area contributed by atoms with Gasteiger partial charge >= 0.3 is 0 Å². The van der Waals surface area contributed by atoms with Crippen molar-refractivity contribution in [3.05, 3.63) is 59.3 Å². The number of anilines is 1. The molecule has 5 nitrogen and oxygen atoms in total. The number of hydrogen-bond donors (Lipinski definition) is 1. The fourth-order valence-corrected chi connectivity index (χ4v) is 4.32. The monoisotopic (exact) mass is 364 g/mol. The molecule has 1 amide bonds. The summed E-state index contributed by atoms with van der Waals surface area (Å²) in [6.45, 7) is 2.24. The maximum Gasteiger partial charge on any atom is 0.254 e. The van der Waals surface area contributed by atoms with Gasteiger partial charge in [0.25, 0.3) is 5.91 Å². The molecule has 0 radical (unpaired) electrons. The van der Waals surface area contributed by atoms with Crippen LogP contribution in [0.4, 0.5) is 5.82 Å². The summed E-state index contributed by atoms with van der Waals surface area (Å²) in [5.41, 5.74) is 3.65. The van der Waals surface area contributed by atoms with Crippen molar-refractivity contribution >= 4 is 11.7 Å². The van der Waals surface area contributed by atoms with Crippen molar-refractivity contribution in [2.24, 2.45) is 0 Å². The van der Waals surface area contributed by atoms with E-state index in [9.17, 15) is 4.79 Å². The molecule has 1 fully saturated rings. The van der Waals surface area contributed by atoms with E-state index in [0.717, 1.165) is 18.8 Å². The topological polar surface area (TPSA) is 48.5 Å². The molecular weight excluding hydrogens is 336 g/mol. The molecule has 0 bridgehead atoms. The third kappa shape index (κ3) is 3.98. The van der Waals surface area contributed by atoms with E-state index >= 15 is 0 Å². The number of nitrogens with one attached hydrogen (secondary N) is 1. The SMILES string of the molecule is CN(C)C(=O)c1ccc(N[C@@H]2CCCN(C3Cc4ccccc4C3)C2)nc1. The lowest BCUT2D eigenvalue weighted by molar-refractivity contribution is 0.0827. The Morgan fingerprint density at radius 3 is 2.52 bits per heavy atom. The number of likely N-dealkylation sites (tertiary alicyclic amines) is 1. The Morgan fingerprint density at radius 2 is 1.89 bits per heavy atom. The summed E-state index contributed by atoms with van der Waals surface area (Å²) in [4.78, 5) is 20.7. The molecule has 1 aliphatic heterocycles. The molecule has 1 N–H and O–H groups in total. The molecule has 2 heterocycles. The van der Waals surface area contributed by atoms with Crippen molar-refractivity contribution in [2.75, 3.05) is 32.5 Å². The van der Waals surface area contributed by atoms with E-state index in [1.54, 1.807) is 25.2 Å². The summed E-state index contributed by atoms with van der Waals surface area (Å²) in [6.07, 6.45) is 6.38. The molecule has 0 spiro atoms. The zero-order valence-electron chi connectivity index (χ0n) is 16.2. The number of piperidine rings is 1. The Balaban J connectivity index is 1.36. The first-order valence-electron chi connectivity index (χ1n) is 9.85. The van der Waals surface area contributed by atoms with Gasteiger partial charge in [0.2, 0.25) is 0 Å². The third-order valence-electron chi connectivity index (χ3n) is 5.77. The summed E-state index contributed by atoms with van der Waals surface area (Å²) in [6, 6.07) is 13.7. The Kier molecular flexibility index (Phi) is 5.12. The standard InChI is InChI=1S/C22H28N4O/c1-25(2)22(27)18-9-10-21(23-14-18)24-19-8-5-11-26(15-19)20-12-16-6-3-4-7-17(16)13-20/h3-4,6-7,9-10,14,19-20H,5,8,11-13,15H2,1-2H3,(H,23,24)/t19-/m1/s1. The molecule has 27 heavy (non-hydrogen) atoms. The number of benzene rings is 1. The van der Waals surface area contributed by atoms with Crippen LogP contribution >= 0.6 is 0 Å². The van der Waals surface area contributed by atoms with Crippen molar-refractivity contribution in [1.29, 1.82) is 0 Å². The van der Waals surface area contributed by atoms with E-state index < -0.39 is 0 Å². The van der Waals surface area contributed by atoms with E-state index in [-0.39, 0.29) is 5.91 Å². The Hall–Kier alpha value is -2.40. The van der Waals surface area contributed by atoms with Gasteiger partial charge in [-0.1, -0.05) is 24.3 Å². The molecule has 1 aromatic carbocycles. The minimum Gasteiger partial charge on any atom is -0.366 e. The maximum absolute atomic E-state index is 12.0. The minimum atomic E-state index is -0.0151. The van der Waals surface area contributed by atoms with Crippen molar-refractivity contribution in [2.45, 2.75) is 37.8 Å². The molecule has 1 saturated heterocycles. The molecule has 2 aliphatic rings. The van der Waals surface area contributed by atoms with Crippen LogP contribution in [0.1, 0.15) is 34.3 Å². The lowest BCUT2D eigenvalue weighted by Gasteiger charge is -2.37. The maximum atomic E-state index is 12.0. The predicted octanol–water partition coefficient (Wildman–Crippen LogP) is 2.83. The number of carbonyl (C=O) groups excluding carboxylic acids is 1. The Labute approximate surface area is 161 Å². The number of hydrogen-bond acceptors (Lipinski definition) is 4. The smallest absolute Gasteiger partial charge is 0.254 e. The number of pyridine rings is 1. The molecule has 0 saturated carbocycles. The lowest BCUT2D eigenvalue weighted by Crippen LogP contribution is -2.47. The largest absolute Gasteiger partial charge is 0.366 e. The van der Waals surface area contributed by atoms with E-state index in [1.807, 2.05) is 12.1 Å². The molecular formula is C22H28N4O. The summed E-state index contributed by atoms with van der Waals surface area (Å²) >= 11 is 0. The Morgan fingerprint density at radius 1 is 1.15 bits per heavy atom. The van der Waals surface area contributed by atoms with E-state index in [4.69, 9.17) is 0 Å². The highest BCUT2D eigenvalue weighted by atomic mass is 16.2. The van der Waals surface area contributed by atoms with Crippen molar-refractivity contribution in [3.8, 4) is 0 Å². The molecule has 0 unspecified atom stereocenters. The number of nitrogens with zero attached hydrogens (tertiary/aromatic N) is 3. The number of rotatable bonds is 4. The third-order valence-corrected chi connectivity index (χ3v) is 5.77. The summed E-state index contributed by atoms with van der Waals surface area (Å²) < 4.78 is 0. The second kappa shape index (κ2) is 7.69. The fourth-order valence-electron chi connectivity index (χ4n) is 4.32. The van der Waals surface area contributed by atoms with Crippen LogP contribution < -0.4 is 5.32 Å². The molecule has 1 aromatic heterocycles. The van der Waals surface area contributed by atoms with Crippen LogP contribution in [0.5, 0.6) is 0 Å². The van der Waals surface area contributed by atoms with Gasteiger partial charge < -0.3 is 10.2 Å². The van der Waals surface area contributed by atoms with Crippen LogP contribution in [-0.4, -0.2) is 60.0 Å². The number of aromatic nitrogens is 1. The van der Waals surface area contributed by atoms with Gasteiger partial charge in [-0.2, -0.15) is 0 Å². The zero-order valence-corrected chi connectivity index (χ0v) is 16.2. The van der Waals surface area contributed by atoms with Gasteiger partial charge in [-0.3, -0.25) is 9.69 Å².